The molecule has 0 radical (unpaired) electrons. The van der Waals surface area contributed by atoms with Crippen molar-refractivity contribution in [2.45, 2.75) is 6.42 Å². The van der Waals surface area contributed by atoms with Crippen molar-refractivity contribution in [2.75, 3.05) is 30.9 Å². The fraction of sp³-hybridized carbons (Fsp3) is 0.250. The van der Waals surface area contributed by atoms with Gasteiger partial charge in [0.1, 0.15) is 11.4 Å². The van der Waals surface area contributed by atoms with Crippen molar-refractivity contribution in [2.24, 2.45) is 0 Å². The third kappa shape index (κ3) is 3.51. The summed E-state index contributed by atoms with van der Waals surface area (Å²) in [5.74, 6) is 0. The molecule has 0 aliphatic heterocycles. The quantitative estimate of drug-likeness (QED) is 0.653. The van der Waals surface area contributed by atoms with Gasteiger partial charge in [-0.2, -0.15) is 0 Å². The average molecular weight is 285 g/mol. The molecule has 5 nitrogen and oxygen atoms in total. The van der Waals surface area contributed by atoms with E-state index in [0.29, 0.717) is 11.4 Å². The van der Waals surface area contributed by atoms with E-state index in [1.54, 1.807) is 19.2 Å². The number of nitro benzene ring substituents is 1. The second-order valence-electron chi connectivity index (χ2n) is 4.84. The Morgan fingerprint density at radius 1 is 1.14 bits per heavy atom. The maximum absolute atomic E-state index is 11.3. The molecule has 0 bridgehead atoms. The van der Waals surface area contributed by atoms with Gasteiger partial charge in [0.2, 0.25) is 0 Å². The van der Waals surface area contributed by atoms with Crippen molar-refractivity contribution in [3.63, 3.8) is 0 Å². The summed E-state index contributed by atoms with van der Waals surface area (Å²) >= 11 is 0. The van der Waals surface area contributed by atoms with Gasteiger partial charge in [0.15, 0.2) is 0 Å². The molecule has 0 aliphatic carbocycles. The topological polar surface area (TPSA) is 58.4 Å². The lowest BCUT2D eigenvalue weighted by atomic mass is 10.1. The first kappa shape index (κ1) is 14.8. The molecule has 5 heteroatoms. The number of benzene rings is 2. The highest BCUT2D eigenvalue weighted by atomic mass is 16.6. The summed E-state index contributed by atoms with van der Waals surface area (Å²) < 4.78 is 0. The zero-order chi connectivity index (χ0) is 15.2. The highest BCUT2D eigenvalue weighted by Gasteiger charge is 2.21. The molecule has 0 heterocycles. The van der Waals surface area contributed by atoms with Crippen molar-refractivity contribution in [3.05, 3.63) is 64.2 Å². The van der Waals surface area contributed by atoms with E-state index in [4.69, 9.17) is 0 Å². The number of likely N-dealkylation sites (N-methyl/N-ethyl adjacent to an activating group) is 1. The number of hydrogen-bond acceptors (Lipinski definition) is 4. The molecular formula is C16H19N3O2. The van der Waals surface area contributed by atoms with Gasteiger partial charge in [-0.1, -0.05) is 36.4 Å². The number of nitro groups is 1. The van der Waals surface area contributed by atoms with Gasteiger partial charge in [0.25, 0.3) is 0 Å². The second-order valence-corrected chi connectivity index (χ2v) is 4.84. The van der Waals surface area contributed by atoms with Crippen LogP contribution in [0.3, 0.4) is 0 Å². The summed E-state index contributed by atoms with van der Waals surface area (Å²) in [5.41, 5.74) is 2.50. The number of rotatable bonds is 6. The predicted octanol–water partition coefficient (Wildman–Crippen LogP) is 3.32. The first-order valence-electron chi connectivity index (χ1n) is 6.83. The molecule has 2 rings (SSSR count). The molecule has 1 N–H and O–H groups in total. The smallest absolute Gasteiger partial charge is 0.315 e. The van der Waals surface area contributed by atoms with Crippen LogP contribution < -0.4 is 10.2 Å². The molecule has 0 atom stereocenters. The maximum atomic E-state index is 11.3. The SMILES string of the molecule is CNc1cccc(N(C)CCc2ccccc2)c1[N+](=O)[O-]. The van der Waals surface area contributed by atoms with E-state index >= 15 is 0 Å². The van der Waals surface area contributed by atoms with E-state index in [-0.39, 0.29) is 10.6 Å². The molecule has 0 aliphatic rings. The second kappa shape index (κ2) is 6.74. The van der Waals surface area contributed by atoms with Crippen LogP contribution in [0, 0.1) is 10.1 Å². The Morgan fingerprint density at radius 3 is 2.48 bits per heavy atom. The number of anilines is 2. The minimum atomic E-state index is -0.333. The Balaban J connectivity index is 2.19. The summed E-state index contributed by atoms with van der Waals surface area (Å²) in [4.78, 5) is 12.9. The third-order valence-corrected chi connectivity index (χ3v) is 3.46. The number of nitrogens with zero attached hydrogens (tertiary/aromatic N) is 2. The molecular weight excluding hydrogens is 266 g/mol. The molecule has 0 spiro atoms. The summed E-state index contributed by atoms with van der Waals surface area (Å²) in [6, 6.07) is 15.4. The zero-order valence-electron chi connectivity index (χ0n) is 12.2. The van der Waals surface area contributed by atoms with Crippen LogP contribution in [0.4, 0.5) is 17.1 Å². The lowest BCUT2D eigenvalue weighted by Crippen LogP contribution is -2.21. The maximum Gasteiger partial charge on any atom is 0.315 e. The molecule has 0 amide bonds. The normalized spacial score (nSPS) is 10.2. The van der Waals surface area contributed by atoms with E-state index in [9.17, 15) is 10.1 Å². The molecule has 0 unspecified atom stereocenters. The molecule has 0 aromatic heterocycles. The largest absolute Gasteiger partial charge is 0.382 e. The minimum absolute atomic E-state index is 0.121. The molecule has 21 heavy (non-hydrogen) atoms. The van der Waals surface area contributed by atoms with Crippen LogP contribution in [0.1, 0.15) is 5.56 Å². The standard InChI is InChI=1S/C16H19N3O2/c1-17-14-9-6-10-15(16(14)19(20)21)18(2)12-11-13-7-4-3-5-8-13/h3-10,17H,11-12H2,1-2H3. The van der Waals surface area contributed by atoms with Crippen molar-refractivity contribution in [3.8, 4) is 0 Å². The lowest BCUT2D eigenvalue weighted by Gasteiger charge is -2.20. The molecule has 2 aromatic carbocycles. The van der Waals surface area contributed by atoms with Crippen molar-refractivity contribution in [1.82, 2.24) is 0 Å². The Labute approximate surface area is 124 Å². The van der Waals surface area contributed by atoms with Crippen LogP contribution in [-0.2, 0) is 6.42 Å². The van der Waals surface area contributed by atoms with E-state index in [0.717, 1.165) is 13.0 Å². The molecule has 0 saturated heterocycles. The Hall–Kier alpha value is -2.56. The lowest BCUT2D eigenvalue weighted by molar-refractivity contribution is -0.383. The van der Waals surface area contributed by atoms with Crippen LogP contribution in [0.5, 0.6) is 0 Å². The van der Waals surface area contributed by atoms with Gasteiger partial charge in [0, 0.05) is 20.6 Å². The van der Waals surface area contributed by atoms with Crippen molar-refractivity contribution >= 4 is 17.1 Å². The Morgan fingerprint density at radius 2 is 1.86 bits per heavy atom. The van der Waals surface area contributed by atoms with E-state index in [1.807, 2.05) is 36.2 Å². The third-order valence-electron chi connectivity index (χ3n) is 3.46. The number of para-hydroxylation sites is 1. The van der Waals surface area contributed by atoms with Crippen LogP contribution in [0.2, 0.25) is 0 Å². The fourth-order valence-electron chi connectivity index (χ4n) is 2.29. The Bertz CT molecular complexity index is 614. The van der Waals surface area contributed by atoms with Gasteiger partial charge < -0.3 is 10.2 Å². The monoisotopic (exact) mass is 285 g/mol. The summed E-state index contributed by atoms with van der Waals surface area (Å²) in [7, 11) is 3.57. The van der Waals surface area contributed by atoms with Crippen LogP contribution in [0.25, 0.3) is 0 Å². The van der Waals surface area contributed by atoms with Crippen LogP contribution in [0.15, 0.2) is 48.5 Å². The minimum Gasteiger partial charge on any atom is -0.382 e. The van der Waals surface area contributed by atoms with E-state index in [2.05, 4.69) is 17.4 Å². The molecule has 0 saturated carbocycles. The van der Waals surface area contributed by atoms with Gasteiger partial charge in [-0.3, -0.25) is 10.1 Å². The summed E-state index contributed by atoms with van der Waals surface area (Å²) in [6.45, 7) is 0.720. The highest BCUT2D eigenvalue weighted by Crippen LogP contribution is 2.34. The van der Waals surface area contributed by atoms with Crippen molar-refractivity contribution in [1.29, 1.82) is 0 Å². The number of nitrogens with one attached hydrogen (secondary N) is 1. The van der Waals surface area contributed by atoms with Gasteiger partial charge in [0.05, 0.1) is 4.92 Å². The fourth-order valence-corrected chi connectivity index (χ4v) is 2.29. The summed E-state index contributed by atoms with van der Waals surface area (Å²) in [5, 5.41) is 14.2. The van der Waals surface area contributed by atoms with E-state index in [1.165, 1.54) is 5.56 Å². The average Bonchev–Trinajstić information content (AvgIpc) is 2.52. The van der Waals surface area contributed by atoms with Crippen LogP contribution >= 0.6 is 0 Å². The first-order chi connectivity index (χ1) is 10.1. The van der Waals surface area contributed by atoms with Gasteiger partial charge in [-0.05, 0) is 24.1 Å². The molecule has 0 fully saturated rings. The van der Waals surface area contributed by atoms with E-state index < -0.39 is 0 Å². The predicted molar refractivity (Wildman–Crippen MR) is 86.1 cm³/mol. The van der Waals surface area contributed by atoms with Crippen molar-refractivity contribution < 1.29 is 4.92 Å². The first-order valence-corrected chi connectivity index (χ1v) is 6.83. The van der Waals surface area contributed by atoms with Gasteiger partial charge in [-0.25, -0.2) is 0 Å². The Kier molecular flexibility index (Phi) is 4.77. The highest BCUT2D eigenvalue weighted by molar-refractivity contribution is 5.76. The number of hydrogen-bond donors (Lipinski definition) is 1. The van der Waals surface area contributed by atoms with Gasteiger partial charge >= 0.3 is 5.69 Å². The zero-order valence-corrected chi connectivity index (χ0v) is 12.2. The van der Waals surface area contributed by atoms with Crippen LogP contribution in [-0.4, -0.2) is 25.6 Å². The molecule has 2 aromatic rings. The summed E-state index contributed by atoms with van der Waals surface area (Å²) in [6.07, 6.45) is 0.846. The van der Waals surface area contributed by atoms with Gasteiger partial charge in [-0.15, -0.1) is 0 Å². The molecule has 110 valence electrons.